The second-order valence-electron chi connectivity index (χ2n) is 4.54. The smallest absolute Gasteiger partial charge is 0.267 e. The van der Waals surface area contributed by atoms with Crippen LogP contribution in [0.25, 0.3) is 0 Å². The molecule has 0 aliphatic rings. The van der Waals surface area contributed by atoms with Crippen molar-refractivity contribution >= 4 is 28.8 Å². The zero-order valence-corrected chi connectivity index (χ0v) is 11.4. The second kappa shape index (κ2) is 5.48. The zero-order valence-electron chi connectivity index (χ0n) is 11.4. The number of pyridine rings is 1. The Hall–Kier alpha value is -2.76. The lowest BCUT2D eigenvalue weighted by Gasteiger charge is -2.18. The monoisotopic (exact) mass is 271 g/mol. The van der Waals surface area contributed by atoms with Crippen molar-refractivity contribution in [3.05, 3.63) is 42.1 Å². The quantitative estimate of drug-likeness (QED) is 0.784. The van der Waals surface area contributed by atoms with Gasteiger partial charge in [0.15, 0.2) is 5.82 Å². The molecule has 0 unspecified atom stereocenters. The van der Waals surface area contributed by atoms with Gasteiger partial charge in [-0.05, 0) is 24.3 Å². The normalized spacial score (nSPS) is 10.1. The maximum atomic E-state index is 11.2. The molecule has 2 aromatic rings. The minimum atomic E-state index is -0.589. The number of rotatable bonds is 4. The summed E-state index contributed by atoms with van der Waals surface area (Å²) in [6, 6.07) is 10.8. The van der Waals surface area contributed by atoms with Crippen molar-refractivity contribution in [2.45, 2.75) is 0 Å². The third-order valence-corrected chi connectivity index (χ3v) is 2.82. The van der Waals surface area contributed by atoms with Crippen LogP contribution >= 0.6 is 0 Å². The largest absolute Gasteiger partial charge is 0.396 e. The molecule has 1 aromatic heterocycles. The fourth-order valence-electron chi connectivity index (χ4n) is 1.80. The van der Waals surface area contributed by atoms with Crippen LogP contribution in [-0.4, -0.2) is 25.0 Å². The van der Waals surface area contributed by atoms with Gasteiger partial charge in [-0.1, -0.05) is 12.1 Å². The van der Waals surface area contributed by atoms with Crippen molar-refractivity contribution < 1.29 is 4.79 Å². The molecule has 1 heterocycles. The van der Waals surface area contributed by atoms with Crippen molar-refractivity contribution in [1.29, 1.82) is 0 Å². The van der Waals surface area contributed by atoms with E-state index in [2.05, 4.69) is 10.3 Å². The van der Waals surface area contributed by atoms with Crippen molar-refractivity contribution in [1.82, 2.24) is 4.98 Å². The molecule has 20 heavy (non-hydrogen) atoms. The maximum absolute atomic E-state index is 11.2. The Morgan fingerprint density at radius 1 is 1.20 bits per heavy atom. The Bertz CT molecular complexity index is 639. The fourth-order valence-corrected chi connectivity index (χ4v) is 1.80. The van der Waals surface area contributed by atoms with Crippen molar-refractivity contribution in [2.75, 3.05) is 30.0 Å². The van der Waals surface area contributed by atoms with Crippen molar-refractivity contribution in [3.63, 3.8) is 0 Å². The highest BCUT2D eigenvalue weighted by molar-refractivity contribution is 5.92. The van der Waals surface area contributed by atoms with Crippen LogP contribution in [0.3, 0.4) is 0 Å². The number of hydrogen-bond acceptors (Lipinski definition) is 5. The highest BCUT2D eigenvalue weighted by Crippen LogP contribution is 2.28. The summed E-state index contributed by atoms with van der Waals surface area (Å²) >= 11 is 0. The molecule has 0 radical (unpaired) electrons. The molecule has 1 amide bonds. The lowest BCUT2D eigenvalue weighted by molar-refractivity contribution is 0.0996. The first-order chi connectivity index (χ1) is 9.49. The predicted molar refractivity (Wildman–Crippen MR) is 81.2 cm³/mol. The second-order valence-corrected chi connectivity index (χ2v) is 4.54. The van der Waals surface area contributed by atoms with E-state index in [4.69, 9.17) is 11.5 Å². The molecule has 0 aliphatic heterocycles. The van der Waals surface area contributed by atoms with Gasteiger partial charge < -0.3 is 21.7 Å². The summed E-state index contributed by atoms with van der Waals surface area (Å²) in [6.07, 6.45) is 0. The average Bonchev–Trinajstić information content (AvgIpc) is 2.41. The Kier molecular flexibility index (Phi) is 3.74. The molecule has 0 aliphatic carbocycles. The number of aromatic nitrogens is 1. The van der Waals surface area contributed by atoms with Crippen LogP contribution < -0.4 is 21.7 Å². The van der Waals surface area contributed by atoms with Gasteiger partial charge in [-0.15, -0.1) is 0 Å². The van der Waals surface area contributed by atoms with E-state index in [1.165, 1.54) is 6.07 Å². The van der Waals surface area contributed by atoms with E-state index >= 15 is 0 Å². The molecule has 0 saturated heterocycles. The summed E-state index contributed by atoms with van der Waals surface area (Å²) < 4.78 is 0. The zero-order chi connectivity index (χ0) is 14.7. The minimum Gasteiger partial charge on any atom is -0.396 e. The van der Waals surface area contributed by atoms with Gasteiger partial charge in [0.25, 0.3) is 5.91 Å². The number of primary amides is 1. The van der Waals surface area contributed by atoms with Crippen LogP contribution in [0.15, 0.2) is 36.4 Å². The summed E-state index contributed by atoms with van der Waals surface area (Å²) in [5, 5.41) is 3.13. The number of anilines is 4. The Balaban J connectivity index is 2.40. The molecule has 0 fully saturated rings. The Morgan fingerprint density at radius 2 is 1.90 bits per heavy atom. The molecule has 6 nitrogen and oxygen atoms in total. The molecule has 0 bridgehead atoms. The standard InChI is InChI=1S/C14H17N5O/c1-19(2)12-6-4-3-5-10(12)17-14-9(15)7-8-11(18-14)13(16)20/h3-8H,15H2,1-2H3,(H2,16,20)(H,17,18). The predicted octanol–water partition coefficient (Wildman–Crippen LogP) is 1.57. The summed E-state index contributed by atoms with van der Waals surface area (Å²) in [6.45, 7) is 0. The van der Waals surface area contributed by atoms with Crippen LogP contribution in [0.4, 0.5) is 22.9 Å². The van der Waals surface area contributed by atoms with Gasteiger partial charge in [0.1, 0.15) is 5.69 Å². The van der Waals surface area contributed by atoms with Gasteiger partial charge in [0.2, 0.25) is 0 Å². The molecule has 1 aromatic carbocycles. The van der Waals surface area contributed by atoms with Crippen molar-refractivity contribution in [3.8, 4) is 0 Å². The number of nitrogen functional groups attached to an aromatic ring is 1. The number of nitrogens with one attached hydrogen (secondary N) is 1. The third-order valence-electron chi connectivity index (χ3n) is 2.82. The van der Waals surface area contributed by atoms with Gasteiger partial charge in [-0.25, -0.2) is 4.98 Å². The molecular weight excluding hydrogens is 254 g/mol. The number of benzene rings is 1. The SMILES string of the molecule is CN(C)c1ccccc1Nc1nc(C(N)=O)ccc1N. The van der Waals surface area contributed by atoms with Gasteiger partial charge in [-0.2, -0.15) is 0 Å². The molecule has 0 atom stereocenters. The van der Waals surface area contributed by atoms with Crippen LogP contribution in [0.2, 0.25) is 0 Å². The molecule has 5 N–H and O–H groups in total. The van der Waals surface area contributed by atoms with Crippen LogP contribution in [0.5, 0.6) is 0 Å². The van der Waals surface area contributed by atoms with E-state index in [1.807, 2.05) is 43.3 Å². The van der Waals surface area contributed by atoms with E-state index < -0.39 is 5.91 Å². The molecule has 104 valence electrons. The number of amides is 1. The van der Waals surface area contributed by atoms with Gasteiger partial charge in [0.05, 0.1) is 17.1 Å². The van der Waals surface area contributed by atoms with Crippen LogP contribution in [0, 0.1) is 0 Å². The Morgan fingerprint density at radius 3 is 2.55 bits per heavy atom. The summed E-state index contributed by atoms with van der Waals surface area (Å²) in [5.41, 5.74) is 13.5. The van der Waals surface area contributed by atoms with E-state index in [-0.39, 0.29) is 5.69 Å². The number of carbonyl (C=O) groups is 1. The van der Waals surface area contributed by atoms with E-state index in [0.29, 0.717) is 11.5 Å². The number of nitrogens with two attached hydrogens (primary N) is 2. The highest BCUT2D eigenvalue weighted by atomic mass is 16.1. The Labute approximate surface area is 117 Å². The molecular formula is C14H17N5O. The first kappa shape index (κ1) is 13.7. The highest BCUT2D eigenvalue weighted by Gasteiger charge is 2.10. The molecule has 0 saturated carbocycles. The lowest BCUT2D eigenvalue weighted by atomic mass is 10.2. The lowest BCUT2D eigenvalue weighted by Crippen LogP contribution is -2.15. The first-order valence-electron chi connectivity index (χ1n) is 6.08. The summed E-state index contributed by atoms with van der Waals surface area (Å²) in [4.78, 5) is 17.3. The number of nitrogens with zero attached hydrogens (tertiary/aromatic N) is 2. The first-order valence-corrected chi connectivity index (χ1v) is 6.08. The maximum Gasteiger partial charge on any atom is 0.267 e. The summed E-state index contributed by atoms with van der Waals surface area (Å²) in [7, 11) is 3.88. The van der Waals surface area contributed by atoms with E-state index in [0.717, 1.165) is 11.4 Å². The van der Waals surface area contributed by atoms with Gasteiger partial charge in [0, 0.05) is 14.1 Å². The van der Waals surface area contributed by atoms with Gasteiger partial charge >= 0.3 is 0 Å². The molecule has 0 spiro atoms. The minimum absolute atomic E-state index is 0.170. The number of hydrogen-bond donors (Lipinski definition) is 3. The molecule has 2 rings (SSSR count). The topological polar surface area (TPSA) is 97.3 Å². The summed E-state index contributed by atoms with van der Waals surface area (Å²) in [5.74, 6) is -0.176. The third kappa shape index (κ3) is 2.80. The number of para-hydroxylation sites is 2. The van der Waals surface area contributed by atoms with Gasteiger partial charge in [-0.3, -0.25) is 4.79 Å². The fraction of sp³-hybridized carbons (Fsp3) is 0.143. The van der Waals surface area contributed by atoms with E-state index in [1.54, 1.807) is 6.07 Å². The van der Waals surface area contributed by atoms with E-state index in [9.17, 15) is 4.79 Å². The average molecular weight is 271 g/mol. The van der Waals surface area contributed by atoms with Crippen LogP contribution in [0.1, 0.15) is 10.5 Å². The molecule has 6 heteroatoms. The van der Waals surface area contributed by atoms with Crippen molar-refractivity contribution in [2.24, 2.45) is 5.73 Å². The van der Waals surface area contributed by atoms with Crippen LogP contribution in [-0.2, 0) is 0 Å². The number of carbonyl (C=O) groups excluding carboxylic acids is 1.